The van der Waals surface area contributed by atoms with E-state index >= 15 is 0 Å². The smallest absolute Gasteiger partial charge is 0.270 e. The van der Waals surface area contributed by atoms with Gasteiger partial charge >= 0.3 is 0 Å². The van der Waals surface area contributed by atoms with E-state index in [2.05, 4.69) is 15.6 Å². The topological polar surface area (TPSA) is 71.1 Å². The van der Waals surface area contributed by atoms with Crippen LogP contribution in [-0.4, -0.2) is 22.8 Å². The Morgan fingerprint density at radius 3 is 2.56 bits per heavy atom. The molecule has 3 rings (SSSR count). The second-order valence-corrected chi connectivity index (χ2v) is 7.26. The van der Waals surface area contributed by atoms with Crippen molar-refractivity contribution in [1.29, 1.82) is 0 Å². The van der Waals surface area contributed by atoms with E-state index in [1.165, 1.54) is 19.0 Å². The van der Waals surface area contributed by atoms with Crippen molar-refractivity contribution in [2.75, 3.05) is 0 Å². The number of carbonyl (C=O) groups excluding carboxylic acids is 2. The van der Waals surface area contributed by atoms with Crippen LogP contribution in [-0.2, 0) is 6.54 Å². The third-order valence-electron chi connectivity index (χ3n) is 4.98. The van der Waals surface area contributed by atoms with E-state index in [9.17, 15) is 9.59 Å². The quantitative estimate of drug-likeness (QED) is 0.792. The van der Waals surface area contributed by atoms with Crippen LogP contribution in [0.4, 0.5) is 0 Å². The van der Waals surface area contributed by atoms with Crippen LogP contribution >= 0.6 is 0 Å². The highest BCUT2D eigenvalue weighted by molar-refractivity contribution is 5.98. The van der Waals surface area contributed by atoms with Crippen molar-refractivity contribution in [3.63, 3.8) is 0 Å². The molecule has 0 unspecified atom stereocenters. The summed E-state index contributed by atoms with van der Waals surface area (Å²) in [6.07, 6.45) is 8.38. The second kappa shape index (κ2) is 9.31. The van der Waals surface area contributed by atoms with Crippen molar-refractivity contribution in [3.05, 3.63) is 65.0 Å². The molecule has 0 saturated heterocycles. The highest BCUT2D eigenvalue weighted by atomic mass is 16.2. The average molecular weight is 365 g/mol. The fraction of sp³-hybridized carbons (Fsp3) is 0.409. The Morgan fingerprint density at radius 1 is 1.04 bits per heavy atom. The van der Waals surface area contributed by atoms with Crippen molar-refractivity contribution >= 4 is 11.8 Å². The molecular formula is C22H27N3O2. The van der Waals surface area contributed by atoms with Gasteiger partial charge in [0.25, 0.3) is 11.8 Å². The van der Waals surface area contributed by atoms with E-state index in [4.69, 9.17) is 0 Å². The summed E-state index contributed by atoms with van der Waals surface area (Å²) in [6.45, 7) is 2.45. The van der Waals surface area contributed by atoms with Crippen LogP contribution in [0.3, 0.4) is 0 Å². The highest BCUT2D eigenvalue weighted by Crippen LogP contribution is 2.17. The van der Waals surface area contributed by atoms with Crippen LogP contribution < -0.4 is 10.6 Å². The second-order valence-electron chi connectivity index (χ2n) is 7.26. The fourth-order valence-electron chi connectivity index (χ4n) is 3.48. The van der Waals surface area contributed by atoms with Gasteiger partial charge in [0.2, 0.25) is 0 Å². The van der Waals surface area contributed by atoms with E-state index in [-0.39, 0.29) is 23.6 Å². The van der Waals surface area contributed by atoms with Crippen LogP contribution in [0.15, 0.2) is 42.6 Å². The SMILES string of the molecule is Cc1cccc(CNC(=O)c2cc(C(=O)NC3CCCCCC3)ccn2)c1. The molecule has 0 spiro atoms. The van der Waals surface area contributed by atoms with Crippen LogP contribution in [0, 0.1) is 6.92 Å². The molecule has 1 heterocycles. The highest BCUT2D eigenvalue weighted by Gasteiger charge is 2.17. The number of amides is 2. The first-order chi connectivity index (χ1) is 13.1. The molecule has 0 bridgehead atoms. The van der Waals surface area contributed by atoms with Gasteiger partial charge in [0.1, 0.15) is 5.69 Å². The lowest BCUT2D eigenvalue weighted by atomic mass is 10.1. The molecule has 1 saturated carbocycles. The lowest BCUT2D eigenvalue weighted by molar-refractivity contribution is 0.0933. The van der Waals surface area contributed by atoms with Gasteiger partial charge in [-0.2, -0.15) is 0 Å². The minimum atomic E-state index is -0.277. The zero-order valence-electron chi connectivity index (χ0n) is 15.8. The van der Waals surface area contributed by atoms with Gasteiger partial charge in [-0.15, -0.1) is 0 Å². The maximum Gasteiger partial charge on any atom is 0.270 e. The molecule has 0 aliphatic heterocycles. The molecule has 0 atom stereocenters. The molecule has 1 aromatic heterocycles. The number of nitrogens with zero attached hydrogens (tertiary/aromatic N) is 1. The van der Waals surface area contributed by atoms with Crippen LogP contribution in [0.25, 0.3) is 0 Å². The summed E-state index contributed by atoms with van der Waals surface area (Å²) in [5, 5.41) is 5.97. The van der Waals surface area contributed by atoms with Crippen LogP contribution in [0.5, 0.6) is 0 Å². The van der Waals surface area contributed by atoms with Gasteiger partial charge in [0, 0.05) is 24.3 Å². The zero-order valence-corrected chi connectivity index (χ0v) is 15.8. The number of nitrogens with one attached hydrogen (secondary N) is 2. The number of rotatable bonds is 5. The first-order valence-corrected chi connectivity index (χ1v) is 9.72. The molecule has 1 aliphatic carbocycles. The number of hydrogen-bond acceptors (Lipinski definition) is 3. The normalized spacial score (nSPS) is 15.0. The van der Waals surface area contributed by atoms with Crippen LogP contribution in [0.1, 0.15) is 70.5 Å². The monoisotopic (exact) mass is 365 g/mol. The predicted molar refractivity (Wildman–Crippen MR) is 106 cm³/mol. The van der Waals surface area contributed by atoms with Gasteiger partial charge in [0.15, 0.2) is 0 Å². The lowest BCUT2D eigenvalue weighted by Gasteiger charge is -2.16. The number of pyridine rings is 1. The molecule has 1 aromatic carbocycles. The molecular weight excluding hydrogens is 338 g/mol. The van der Waals surface area contributed by atoms with Gasteiger partial charge in [-0.1, -0.05) is 55.5 Å². The molecule has 2 aromatic rings. The third-order valence-corrected chi connectivity index (χ3v) is 4.98. The van der Waals surface area contributed by atoms with E-state index in [0.29, 0.717) is 12.1 Å². The Morgan fingerprint density at radius 2 is 1.81 bits per heavy atom. The summed E-state index contributed by atoms with van der Waals surface area (Å²) in [6, 6.07) is 11.4. The molecule has 2 amide bonds. The first kappa shape index (κ1) is 19.1. The first-order valence-electron chi connectivity index (χ1n) is 9.72. The Hall–Kier alpha value is -2.69. The maximum atomic E-state index is 12.5. The largest absolute Gasteiger partial charge is 0.349 e. The van der Waals surface area contributed by atoms with Gasteiger partial charge in [0.05, 0.1) is 0 Å². The van der Waals surface area contributed by atoms with E-state index in [1.807, 2.05) is 31.2 Å². The van der Waals surface area contributed by atoms with Crippen LogP contribution in [0.2, 0.25) is 0 Å². The summed E-state index contributed by atoms with van der Waals surface area (Å²) < 4.78 is 0. The average Bonchev–Trinajstić information content (AvgIpc) is 2.95. The molecule has 0 radical (unpaired) electrons. The van der Waals surface area contributed by atoms with Gasteiger partial charge in [-0.05, 0) is 37.5 Å². The number of hydrogen-bond donors (Lipinski definition) is 2. The summed E-state index contributed by atoms with van der Waals surface area (Å²) in [7, 11) is 0. The van der Waals surface area contributed by atoms with E-state index in [0.717, 1.165) is 36.8 Å². The molecule has 5 nitrogen and oxygen atoms in total. The van der Waals surface area contributed by atoms with Crippen molar-refractivity contribution < 1.29 is 9.59 Å². The summed E-state index contributed by atoms with van der Waals surface area (Å²) >= 11 is 0. The Labute approximate surface area is 160 Å². The summed E-state index contributed by atoms with van der Waals surface area (Å²) in [4.78, 5) is 29.1. The fourth-order valence-corrected chi connectivity index (χ4v) is 3.48. The molecule has 1 aliphatic rings. The minimum Gasteiger partial charge on any atom is -0.349 e. The summed E-state index contributed by atoms with van der Waals surface area (Å²) in [5.74, 6) is -0.405. The maximum absolute atomic E-state index is 12.5. The third kappa shape index (κ3) is 5.64. The molecule has 2 N–H and O–H groups in total. The molecule has 1 fully saturated rings. The van der Waals surface area contributed by atoms with Gasteiger partial charge < -0.3 is 10.6 Å². The zero-order chi connectivity index (χ0) is 19.1. The summed E-state index contributed by atoms with van der Waals surface area (Å²) in [5.41, 5.74) is 2.92. The Kier molecular flexibility index (Phi) is 6.58. The van der Waals surface area contributed by atoms with E-state index < -0.39 is 0 Å². The Balaban J connectivity index is 1.60. The van der Waals surface area contributed by atoms with Crippen molar-refractivity contribution in [3.8, 4) is 0 Å². The number of aromatic nitrogens is 1. The number of aryl methyl sites for hydroxylation is 1. The van der Waals surface area contributed by atoms with Gasteiger partial charge in [-0.3, -0.25) is 14.6 Å². The number of carbonyl (C=O) groups is 2. The Bertz CT molecular complexity index is 796. The predicted octanol–water partition coefficient (Wildman–Crippen LogP) is 3.77. The molecule has 142 valence electrons. The standard InChI is InChI=1S/C22H27N3O2/c1-16-7-6-8-17(13-16)15-24-22(27)20-14-18(11-12-23-20)21(26)25-19-9-4-2-3-5-10-19/h6-8,11-14,19H,2-5,9-10,15H2,1H3,(H,24,27)(H,25,26). The molecule has 27 heavy (non-hydrogen) atoms. The minimum absolute atomic E-state index is 0.128. The number of benzene rings is 1. The lowest BCUT2D eigenvalue weighted by Crippen LogP contribution is -2.34. The van der Waals surface area contributed by atoms with Crippen molar-refractivity contribution in [2.45, 2.75) is 58.0 Å². The van der Waals surface area contributed by atoms with Gasteiger partial charge in [-0.25, -0.2) is 0 Å². The van der Waals surface area contributed by atoms with Crippen molar-refractivity contribution in [1.82, 2.24) is 15.6 Å². The van der Waals surface area contributed by atoms with E-state index in [1.54, 1.807) is 12.1 Å². The molecule has 5 heteroatoms. The van der Waals surface area contributed by atoms with Crippen molar-refractivity contribution in [2.24, 2.45) is 0 Å².